The van der Waals surface area contributed by atoms with E-state index in [0.29, 0.717) is 34.0 Å². The molecule has 148 valence electrons. The standard InChI is InChI=1S/C23H22N2O4/c1-15-7-12-21(29-3)20(13-15)25-23(27)17-6-4-5-16(14-17)22(26)24-18-8-10-19(28-2)11-9-18/h4-14H,1-3H3,(H,24,26)(H,25,27). The molecule has 0 saturated carbocycles. The maximum absolute atomic E-state index is 12.7. The molecule has 0 fully saturated rings. The predicted octanol–water partition coefficient (Wildman–Crippen LogP) is 4.52. The molecule has 0 bridgehead atoms. The number of carbonyl (C=O) groups excluding carboxylic acids is 2. The van der Waals surface area contributed by atoms with Gasteiger partial charge in [-0.3, -0.25) is 9.59 Å². The number of anilines is 2. The van der Waals surface area contributed by atoms with E-state index in [1.807, 2.05) is 19.1 Å². The fraction of sp³-hybridized carbons (Fsp3) is 0.130. The van der Waals surface area contributed by atoms with Crippen LogP contribution >= 0.6 is 0 Å². The van der Waals surface area contributed by atoms with Crippen molar-refractivity contribution in [2.24, 2.45) is 0 Å². The van der Waals surface area contributed by atoms with E-state index in [2.05, 4.69) is 10.6 Å². The highest BCUT2D eigenvalue weighted by atomic mass is 16.5. The van der Waals surface area contributed by atoms with Crippen molar-refractivity contribution in [3.05, 3.63) is 83.4 Å². The zero-order valence-electron chi connectivity index (χ0n) is 16.5. The summed E-state index contributed by atoms with van der Waals surface area (Å²) in [7, 11) is 3.13. The Balaban J connectivity index is 1.75. The Bertz CT molecular complexity index is 1030. The van der Waals surface area contributed by atoms with Crippen LogP contribution in [0.3, 0.4) is 0 Å². The predicted molar refractivity (Wildman–Crippen MR) is 113 cm³/mol. The van der Waals surface area contributed by atoms with Crippen LogP contribution in [0.5, 0.6) is 11.5 Å². The molecule has 2 N–H and O–H groups in total. The van der Waals surface area contributed by atoms with Gasteiger partial charge >= 0.3 is 0 Å². The van der Waals surface area contributed by atoms with Gasteiger partial charge < -0.3 is 20.1 Å². The van der Waals surface area contributed by atoms with E-state index in [9.17, 15) is 9.59 Å². The van der Waals surface area contributed by atoms with Gasteiger partial charge in [0, 0.05) is 16.8 Å². The summed E-state index contributed by atoms with van der Waals surface area (Å²) in [6, 6.07) is 19.1. The van der Waals surface area contributed by atoms with Gasteiger partial charge in [-0.25, -0.2) is 0 Å². The number of rotatable bonds is 6. The molecule has 2 amide bonds. The first-order valence-corrected chi connectivity index (χ1v) is 9.01. The van der Waals surface area contributed by atoms with E-state index in [1.54, 1.807) is 68.8 Å². The lowest BCUT2D eigenvalue weighted by Crippen LogP contribution is -2.16. The lowest BCUT2D eigenvalue weighted by atomic mass is 10.1. The highest BCUT2D eigenvalue weighted by Crippen LogP contribution is 2.26. The third kappa shape index (κ3) is 4.93. The number of hydrogen-bond donors (Lipinski definition) is 2. The molecule has 3 aromatic carbocycles. The molecule has 0 spiro atoms. The van der Waals surface area contributed by atoms with E-state index in [4.69, 9.17) is 9.47 Å². The van der Waals surface area contributed by atoms with Gasteiger partial charge in [-0.15, -0.1) is 0 Å². The molecular weight excluding hydrogens is 368 g/mol. The maximum Gasteiger partial charge on any atom is 0.255 e. The minimum absolute atomic E-state index is 0.307. The van der Waals surface area contributed by atoms with Gasteiger partial charge in [0.1, 0.15) is 11.5 Å². The third-order valence-electron chi connectivity index (χ3n) is 4.34. The van der Waals surface area contributed by atoms with Gasteiger partial charge in [-0.05, 0) is 67.1 Å². The minimum atomic E-state index is -0.326. The molecule has 6 nitrogen and oxygen atoms in total. The zero-order chi connectivity index (χ0) is 20.8. The van der Waals surface area contributed by atoms with Gasteiger partial charge in [0.25, 0.3) is 11.8 Å². The SMILES string of the molecule is COc1ccc(NC(=O)c2cccc(C(=O)Nc3cc(C)ccc3OC)c2)cc1. The molecule has 29 heavy (non-hydrogen) atoms. The van der Waals surface area contributed by atoms with E-state index in [0.717, 1.165) is 5.56 Å². The smallest absolute Gasteiger partial charge is 0.255 e. The Morgan fingerprint density at radius 3 is 2.03 bits per heavy atom. The number of benzene rings is 3. The van der Waals surface area contributed by atoms with Gasteiger partial charge in [0.15, 0.2) is 0 Å². The lowest BCUT2D eigenvalue weighted by molar-refractivity contribution is 0.102. The summed E-state index contributed by atoms with van der Waals surface area (Å²) in [6.07, 6.45) is 0. The summed E-state index contributed by atoms with van der Waals surface area (Å²) in [4.78, 5) is 25.2. The number of hydrogen-bond acceptors (Lipinski definition) is 4. The fourth-order valence-electron chi connectivity index (χ4n) is 2.79. The molecule has 0 radical (unpaired) electrons. The van der Waals surface area contributed by atoms with Gasteiger partial charge in [0.05, 0.1) is 19.9 Å². The van der Waals surface area contributed by atoms with E-state index < -0.39 is 0 Å². The van der Waals surface area contributed by atoms with Crippen molar-refractivity contribution in [1.82, 2.24) is 0 Å². The summed E-state index contributed by atoms with van der Waals surface area (Å²) in [6.45, 7) is 1.93. The molecule has 3 aromatic rings. The van der Waals surface area contributed by atoms with Crippen LogP contribution in [-0.2, 0) is 0 Å². The molecule has 0 heterocycles. The molecule has 0 atom stereocenters. The summed E-state index contributed by atoms with van der Waals surface area (Å²) in [5, 5.41) is 5.64. The Morgan fingerprint density at radius 2 is 1.41 bits per heavy atom. The highest BCUT2D eigenvalue weighted by Gasteiger charge is 2.13. The normalized spacial score (nSPS) is 10.2. The third-order valence-corrected chi connectivity index (χ3v) is 4.34. The number of methoxy groups -OCH3 is 2. The molecule has 0 aliphatic rings. The average Bonchev–Trinajstić information content (AvgIpc) is 2.74. The van der Waals surface area contributed by atoms with Crippen LogP contribution in [0.25, 0.3) is 0 Å². The molecule has 0 unspecified atom stereocenters. The van der Waals surface area contributed by atoms with Crippen molar-refractivity contribution in [2.75, 3.05) is 24.9 Å². The maximum atomic E-state index is 12.7. The largest absolute Gasteiger partial charge is 0.497 e. The number of ether oxygens (including phenoxy) is 2. The number of nitrogens with one attached hydrogen (secondary N) is 2. The van der Waals surface area contributed by atoms with Gasteiger partial charge in [-0.2, -0.15) is 0 Å². The Morgan fingerprint density at radius 1 is 0.759 bits per heavy atom. The molecular formula is C23H22N2O4. The van der Waals surface area contributed by atoms with Crippen LogP contribution in [0.2, 0.25) is 0 Å². The zero-order valence-corrected chi connectivity index (χ0v) is 16.5. The van der Waals surface area contributed by atoms with Gasteiger partial charge in [-0.1, -0.05) is 12.1 Å². The fourth-order valence-corrected chi connectivity index (χ4v) is 2.79. The second-order valence-electron chi connectivity index (χ2n) is 6.42. The first-order valence-electron chi connectivity index (χ1n) is 9.01. The van der Waals surface area contributed by atoms with Gasteiger partial charge in [0.2, 0.25) is 0 Å². The molecule has 6 heteroatoms. The van der Waals surface area contributed by atoms with Crippen molar-refractivity contribution in [3.63, 3.8) is 0 Å². The monoisotopic (exact) mass is 390 g/mol. The van der Waals surface area contributed by atoms with Crippen molar-refractivity contribution < 1.29 is 19.1 Å². The quantitative estimate of drug-likeness (QED) is 0.649. The average molecular weight is 390 g/mol. The lowest BCUT2D eigenvalue weighted by Gasteiger charge is -2.12. The van der Waals surface area contributed by atoms with Crippen LogP contribution in [0.15, 0.2) is 66.7 Å². The summed E-state index contributed by atoms with van der Waals surface area (Å²) in [5.41, 5.74) is 2.95. The Labute approximate surface area is 169 Å². The highest BCUT2D eigenvalue weighted by molar-refractivity contribution is 6.09. The van der Waals surface area contributed by atoms with Crippen LogP contribution in [0.4, 0.5) is 11.4 Å². The molecule has 3 rings (SSSR count). The van der Waals surface area contributed by atoms with Crippen molar-refractivity contribution >= 4 is 23.2 Å². The van der Waals surface area contributed by atoms with Crippen LogP contribution in [0.1, 0.15) is 26.3 Å². The van der Waals surface area contributed by atoms with Crippen molar-refractivity contribution in [1.29, 1.82) is 0 Å². The minimum Gasteiger partial charge on any atom is -0.497 e. The molecule has 0 saturated heterocycles. The topological polar surface area (TPSA) is 76.7 Å². The van der Waals surface area contributed by atoms with Crippen LogP contribution in [0, 0.1) is 6.92 Å². The van der Waals surface area contributed by atoms with Crippen LogP contribution in [-0.4, -0.2) is 26.0 Å². The Kier molecular flexibility index (Phi) is 6.14. The van der Waals surface area contributed by atoms with Crippen molar-refractivity contribution in [2.45, 2.75) is 6.92 Å². The van der Waals surface area contributed by atoms with E-state index >= 15 is 0 Å². The summed E-state index contributed by atoms with van der Waals surface area (Å²) >= 11 is 0. The second kappa shape index (κ2) is 8.93. The second-order valence-corrected chi connectivity index (χ2v) is 6.42. The number of aryl methyl sites for hydroxylation is 1. The van der Waals surface area contributed by atoms with E-state index in [1.165, 1.54) is 0 Å². The summed E-state index contributed by atoms with van der Waals surface area (Å²) in [5.74, 6) is 0.636. The van der Waals surface area contributed by atoms with E-state index in [-0.39, 0.29) is 11.8 Å². The number of amides is 2. The Hall–Kier alpha value is -3.80. The van der Waals surface area contributed by atoms with Crippen molar-refractivity contribution in [3.8, 4) is 11.5 Å². The first kappa shape index (κ1) is 19.9. The summed E-state index contributed by atoms with van der Waals surface area (Å²) < 4.78 is 10.4. The first-order chi connectivity index (χ1) is 14.0. The van der Waals surface area contributed by atoms with Crippen LogP contribution < -0.4 is 20.1 Å². The molecule has 0 aromatic heterocycles. The number of carbonyl (C=O) groups is 2. The molecule has 0 aliphatic carbocycles. The molecule has 0 aliphatic heterocycles.